The number of carbonyl (C=O) groups excluding carboxylic acids is 9. The van der Waals surface area contributed by atoms with Crippen molar-refractivity contribution >= 4 is 107 Å². The number of aromatic nitrogens is 6. The number of halogens is 1. The molecule has 0 bridgehead atoms. The molecular weight excluding hydrogens is 1610 g/mol. The van der Waals surface area contributed by atoms with Crippen LogP contribution in [0.4, 0.5) is 34.1 Å². The van der Waals surface area contributed by atoms with Gasteiger partial charge in [-0.25, -0.2) is 29.7 Å². The van der Waals surface area contributed by atoms with Crippen molar-refractivity contribution in [1.82, 2.24) is 29.9 Å². The fourth-order valence-electron chi connectivity index (χ4n) is 10.8. The van der Waals surface area contributed by atoms with Crippen molar-refractivity contribution in [3.63, 3.8) is 0 Å². The van der Waals surface area contributed by atoms with E-state index < -0.39 is 73.6 Å². The molecule has 1 spiro atoms. The number of hydrogen-bond donors (Lipinski definition) is 1. The van der Waals surface area contributed by atoms with Crippen molar-refractivity contribution in [1.29, 1.82) is 0 Å². The molecule has 1 N–H and O–H groups in total. The van der Waals surface area contributed by atoms with Crippen molar-refractivity contribution < 1.29 is 120 Å². The molecule has 0 radical (unpaired) electrons. The Labute approximate surface area is 687 Å². The fraction of sp³-hybridized carbons (Fsp3) is 0.413. The molecule has 2 fully saturated rings. The number of nitro groups is 5. The molecule has 3 aliphatic rings. The second kappa shape index (κ2) is 49.9. The Morgan fingerprint density at radius 3 is 1.37 bits per heavy atom. The molecule has 1 unspecified atom stereocenters. The van der Waals surface area contributed by atoms with E-state index in [-0.39, 0.29) is 173 Å². The van der Waals surface area contributed by atoms with Gasteiger partial charge in [-0.05, 0) is 91.6 Å². The minimum atomic E-state index is -1.41. The van der Waals surface area contributed by atoms with Gasteiger partial charge in [0.1, 0.15) is 40.0 Å². The minimum absolute atomic E-state index is 0.00722. The summed E-state index contributed by atoms with van der Waals surface area (Å²) in [7, 11) is 7.10. The molecule has 1 atom stereocenters. The van der Waals surface area contributed by atoms with Gasteiger partial charge in [-0.3, -0.25) is 79.3 Å². The first-order chi connectivity index (χ1) is 56.2. The number of methoxy groups -OCH3 is 6. The Kier molecular flexibility index (Phi) is 42.5. The largest absolute Gasteiger partial charge is 0.545 e. The van der Waals surface area contributed by atoms with Crippen LogP contribution < -0.4 is 33.7 Å². The summed E-state index contributed by atoms with van der Waals surface area (Å²) in [5.41, 5.74) is -1.90. The second-order valence-electron chi connectivity index (χ2n) is 25.0. The molecule has 0 aromatic carbocycles. The maximum atomic E-state index is 12.6. The number of Topliss-reactive ketones (excluding diaryl/α,β-unsaturated/α-hetero) is 2. The van der Waals surface area contributed by atoms with Crippen molar-refractivity contribution in [2.75, 3.05) is 74.4 Å². The van der Waals surface area contributed by atoms with Gasteiger partial charge in [0.15, 0.2) is 5.69 Å². The third-order valence-electron chi connectivity index (χ3n) is 16.4. The Hall–Kier alpha value is -13.7. The molecule has 9 rings (SSSR count). The summed E-state index contributed by atoms with van der Waals surface area (Å²) in [6.45, 7) is 26.1. The molecule has 44 heteroatoms. The number of hydrogen-bond acceptors (Lipinski definition) is 36. The summed E-state index contributed by atoms with van der Waals surface area (Å²) >= 11 is 5.47. The topological polar surface area (TPSA) is 560 Å². The average Bonchev–Trinajstić information content (AvgIpc) is 1.58. The molecule has 6 aromatic heterocycles. The summed E-state index contributed by atoms with van der Waals surface area (Å²) in [4.78, 5) is 174. The van der Waals surface area contributed by atoms with Crippen LogP contribution in [0.25, 0.3) is 5.57 Å². The van der Waals surface area contributed by atoms with Gasteiger partial charge < -0.3 is 57.1 Å². The summed E-state index contributed by atoms with van der Waals surface area (Å²) in [6, 6.07) is 16.6. The van der Waals surface area contributed by atoms with E-state index in [0.29, 0.717) is 43.7 Å². The van der Waals surface area contributed by atoms with Crippen LogP contribution in [0.1, 0.15) is 127 Å². The lowest BCUT2D eigenvalue weighted by atomic mass is 9.70. The number of ketones is 2. The zero-order chi connectivity index (χ0) is 90.1. The molecule has 7 heterocycles. The Bertz CT molecular complexity index is 4670. The summed E-state index contributed by atoms with van der Waals surface area (Å²) < 4.78 is 54.4. The SMILES string of the molecule is C=C(C(=O)OCC)c1nc(OC)ccc1[N+](=O)[O-].C=CC(=C)O[Si](C)(C)C.CCOC(=O)C(CC)c1nc(OC)ccc1[N+](=O)[O-].CCOC(=O)C1(c2nc(OC)ccc2[N+](=O)[O-])CCC(=O)CC1.CCOC(=O)Cc1nc(OC)ccc1[N+](=O)[O-].COc1ccc([N+](=O)[O-])c(Cl)n1.COc1ccc2c(n1)C1(CCC(=O)CC1)C(=O)N2.O=C=O. The first kappa shape index (κ1) is 101. The van der Waals surface area contributed by atoms with Crippen LogP contribution in [-0.2, 0) is 83.8 Å². The number of anilines is 1. The van der Waals surface area contributed by atoms with Crippen LogP contribution in [-0.4, -0.2) is 179 Å². The molecule has 1 amide bonds. The summed E-state index contributed by atoms with van der Waals surface area (Å²) in [5.74, 6) is -0.754. The van der Waals surface area contributed by atoms with E-state index in [2.05, 4.69) is 74.6 Å². The van der Waals surface area contributed by atoms with Gasteiger partial charge >= 0.3 is 35.7 Å². The van der Waals surface area contributed by atoms with Gasteiger partial charge in [-0.1, -0.05) is 38.3 Å². The molecule has 1 aliphatic heterocycles. The van der Waals surface area contributed by atoms with Gasteiger partial charge in [-0.15, -0.1) is 0 Å². The van der Waals surface area contributed by atoms with Gasteiger partial charge in [-0.2, -0.15) is 14.6 Å². The molecule has 0 saturated heterocycles. The van der Waals surface area contributed by atoms with Crippen LogP contribution in [0.5, 0.6) is 35.3 Å². The minimum Gasteiger partial charge on any atom is -0.545 e. The number of carbonyl (C=O) groups is 7. The van der Waals surface area contributed by atoms with E-state index in [1.165, 1.54) is 96.2 Å². The van der Waals surface area contributed by atoms with E-state index >= 15 is 0 Å². The van der Waals surface area contributed by atoms with E-state index in [4.69, 9.17) is 73.0 Å². The van der Waals surface area contributed by atoms with E-state index in [1.54, 1.807) is 53.9 Å². The van der Waals surface area contributed by atoms with E-state index in [9.17, 15) is 84.1 Å². The van der Waals surface area contributed by atoms with Crippen LogP contribution in [0.2, 0.25) is 24.8 Å². The number of esters is 4. The van der Waals surface area contributed by atoms with Crippen molar-refractivity contribution in [3.05, 3.63) is 189 Å². The molecule has 2 saturated carbocycles. The number of pyridine rings is 6. The number of amides is 1. The Morgan fingerprint density at radius 1 is 0.538 bits per heavy atom. The lowest BCUT2D eigenvalue weighted by Gasteiger charge is -2.33. The van der Waals surface area contributed by atoms with Crippen LogP contribution in [0, 0.1) is 50.6 Å². The molecule has 6 aromatic rings. The number of rotatable bonds is 27. The monoisotopic (exact) mass is 1700 g/mol. The second-order valence-corrected chi connectivity index (χ2v) is 29.8. The normalized spacial score (nSPS) is 12.9. The summed E-state index contributed by atoms with van der Waals surface area (Å²) in [6.07, 6.45) is 4.60. The van der Waals surface area contributed by atoms with Crippen LogP contribution in [0.15, 0.2) is 104 Å². The lowest BCUT2D eigenvalue weighted by Crippen LogP contribution is -2.42. The van der Waals surface area contributed by atoms with Crippen LogP contribution in [0.3, 0.4) is 0 Å². The number of nitrogens with one attached hydrogen (secondary N) is 1. The third kappa shape index (κ3) is 30.5. The van der Waals surface area contributed by atoms with Crippen molar-refractivity contribution in [2.24, 2.45) is 0 Å². The van der Waals surface area contributed by atoms with Crippen LogP contribution >= 0.6 is 11.6 Å². The van der Waals surface area contributed by atoms with Crippen molar-refractivity contribution in [2.45, 2.75) is 135 Å². The molecule has 119 heavy (non-hydrogen) atoms. The number of ether oxygens (including phenoxy) is 10. The van der Waals surface area contributed by atoms with Gasteiger partial charge in [0.05, 0.1) is 128 Å². The molecule has 2 aliphatic carbocycles. The highest BCUT2D eigenvalue weighted by atomic mass is 35.5. The average molecular weight is 1700 g/mol. The Morgan fingerprint density at radius 2 is 0.941 bits per heavy atom. The molecular formula is C75H91ClN12O30Si. The maximum Gasteiger partial charge on any atom is 0.373 e. The third-order valence-corrected chi connectivity index (χ3v) is 17.5. The summed E-state index contributed by atoms with van der Waals surface area (Å²) in [5, 5.41) is 56.9. The van der Waals surface area contributed by atoms with Crippen molar-refractivity contribution in [3.8, 4) is 35.3 Å². The fourth-order valence-corrected chi connectivity index (χ4v) is 11.9. The standard InChI is InChI=1S/C15H18N2O6.C13H14N2O3.C12H16N2O5.C11H12N2O5.C10H12N2O5.C7H14OSi.C6H5ClN2O3.CO2/c1-3-23-14(19)15(8-6-10(18)7-9-15)13-11(17(20)21)4-5-12(16-13)22-2;1-18-10-3-2-9-11(15-10)13(12(17)14-9)6-4-8(16)5-7-13;1-4-8(12(15)19-5-2)11-9(14(16)17)6-7-10(13-11)18-3;1-4-18-11(14)7(2)10-8(13(15)16)5-6-9(12-10)17-3;1-3-17-10(13)6-7-8(12(14)15)4-5-9(11-7)16-2;1-6-7(2)8-9(3,4)5;1-12-5-3-2-4(9(10)11)6(7)8-5;2-1-3/h4-5H,3,6-9H2,1-2H3;2-3H,4-7H2,1H3,(H,14,17);6-8H,4-5H2,1-3H3;5-6H,2,4H2,1,3H3;4-5H,3,6H2,1-2H3;6H,1-2H2,3-5H3;2-3H,1H3;. The van der Waals surface area contributed by atoms with E-state index in [1.807, 2.05) is 6.07 Å². The zero-order valence-electron chi connectivity index (χ0n) is 67.6. The predicted octanol–water partition coefficient (Wildman–Crippen LogP) is 11.7. The molecule has 42 nitrogen and oxygen atoms in total. The van der Waals surface area contributed by atoms with Gasteiger partial charge in [0, 0.05) is 92.4 Å². The highest BCUT2D eigenvalue weighted by Crippen LogP contribution is 2.47. The lowest BCUT2D eigenvalue weighted by molar-refractivity contribution is -0.386. The highest BCUT2D eigenvalue weighted by molar-refractivity contribution is 6.70. The highest BCUT2D eigenvalue weighted by Gasteiger charge is 2.51. The first-order valence-electron chi connectivity index (χ1n) is 35.6. The first-order valence-corrected chi connectivity index (χ1v) is 39.4. The quantitative estimate of drug-likeness (QED) is 0.00576. The maximum absolute atomic E-state index is 12.6. The number of allylic oxidation sites excluding steroid dienone is 1. The van der Waals surface area contributed by atoms with Gasteiger partial charge in [0.25, 0.3) is 22.7 Å². The molecule has 642 valence electrons. The Balaban J connectivity index is 0.000000474. The smallest absolute Gasteiger partial charge is 0.373 e. The zero-order valence-corrected chi connectivity index (χ0v) is 69.4. The number of fused-ring (bicyclic) bond motifs is 2. The predicted molar refractivity (Wildman–Crippen MR) is 423 cm³/mol. The van der Waals surface area contributed by atoms with Gasteiger partial charge in [0.2, 0.25) is 54.7 Å². The number of nitrogens with zero attached hydrogens (tertiary/aromatic N) is 11. The van der Waals surface area contributed by atoms with E-state index in [0.717, 1.165) is 11.4 Å².